The van der Waals surface area contributed by atoms with Crippen LogP contribution in [0.3, 0.4) is 0 Å². The summed E-state index contributed by atoms with van der Waals surface area (Å²) in [6.45, 7) is 2.21. The van der Waals surface area contributed by atoms with Gasteiger partial charge < -0.3 is 0 Å². The van der Waals surface area contributed by atoms with Gasteiger partial charge in [0, 0.05) is 16.7 Å². The van der Waals surface area contributed by atoms with E-state index in [0.29, 0.717) is 0 Å². The number of aliphatic imine (C=N–C) groups is 1. The Morgan fingerprint density at radius 1 is 0.900 bits per heavy atom. The topological polar surface area (TPSA) is 12.4 Å². The molecule has 4 rings (SSSR count). The van der Waals surface area contributed by atoms with Crippen molar-refractivity contribution >= 4 is 22.5 Å². The van der Waals surface area contributed by atoms with Crippen LogP contribution >= 0.6 is 0 Å². The fourth-order valence-electron chi connectivity index (χ4n) is 3.04. The van der Waals surface area contributed by atoms with Gasteiger partial charge in [-0.2, -0.15) is 0 Å². The molecule has 2 aliphatic rings. The average Bonchev–Trinajstić information content (AvgIpc) is 2.88. The van der Waals surface area contributed by atoms with Crippen molar-refractivity contribution in [2.75, 3.05) is 0 Å². The highest BCUT2D eigenvalue weighted by molar-refractivity contribution is 6.48. The molecule has 0 amide bonds. The van der Waals surface area contributed by atoms with Crippen LogP contribution < -0.4 is 0 Å². The zero-order chi connectivity index (χ0) is 13.5. The Bertz CT molecular complexity index is 776. The van der Waals surface area contributed by atoms with Gasteiger partial charge in [0.1, 0.15) is 0 Å². The van der Waals surface area contributed by atoms with Gasteiger partial charge in [0.25, 0.3) is 0 Å². The van der Waals surface area contributed by atoms with Gasteiger partial charge in [0.15, 0.2) is 0 Å². The first-order valence-corrected chi connectivity index (χ1v) is 6.99. The monoisotopic (exact) mass is 257 g/mol. The van der Waals surface area contributed by atoms with Gasteiger partial charge in [-0.25, -0.2) is 4.99 Å². The maximum Gasteiger partial charge on any atom is 0.0791 e. The number of para-hydroxylation sites is 1. The largest absolute Gasteiger partial charge is 0.247 e. The molecule has 20 heavy (non-hydrogen) atoms. The van der Waals surface area contributed by atoms with Gasteiger partial charge in [-0.3, -0.25) is 0 Å². The lowest BCUT2D eigenvalue weighted by atomic mass is 9.85. The lowest BCUT2D eigenvalue weighted by Crippen LogP contribution is -2.07. The van der Waals surface area contributed by atoms with Crippen molar-refractivity contribution in [2.24, 2.45) is 4.99 Å². The SMILES string of the molecule is CC1=C2C(=Nc3ccccc32)C(c2ccccc2)=CC1. The van der Waals surface area contributed by atoms with E-state index >= 15 is 0 Å². The Morgan fingerprint density at radius 3 is 2.50 bits per heavy atom. The number of fused-ring (bicyclic) bond motifs is 3. The molecule has 0 atom stereocenters. The van der Waals surface area contributed by atoms with Gasteiger partial charge in [-0.1, -0.05) is 60.2 Å². The van der Waals surface area contributed by atoms with Crippen molar-refractivity contribution in [1.29, 1.82) is 0 Å². The van der Waals surface area contributed by atoms with E-state index in [1.807, 2.05) is 0 Å². The van der Waals surface area contributed by atoms with Gasteiger partial charge in [0.05, 0.1) is 11.4 Å². The summed E-state index contributed by atoms with van der Waals surface area (Å²) in [4.78, 5) is 4.87. The maximum atomic E-state index is 4.87. The van der Waals surface area contributed by atoms with E-state index in [4.69, 9.17) is 4.99 Å². The lowest BCUT2D eigenvalue weighted by molar-refractivity contribution is 1.22. The molecule has 1 heterocycles. The van der Waals surface area contributed by atoms with Crippen LogP contribution in [0.25, 0.3) is 11.1 Å². The van der Waals surface area contributed by atoms with E-state index in [0.717, 1.165) is 17.8 Å². The fraction of sp³-hybridized carbons (Fsp3) is 0.105. The summed E-state index contributed by atoms with van der Waals surface area (Å²) >= 11 is 0. The molecule has 1 heteroatoms. The number of allylic oxidation sites excluding steroid dienone is 4. The summed E-state index contributed by atoms with van der Waals surface area (Å²) in [6, 6.07) is 19.0. The van der Waals surface area contributed by atoms with Crippen LogP contribution in [0.15, 0.2) is 71.2 Å². The minimum atomic E-state index is 1.01. The van der Waals surface area contributed by atoms with Crippen LogP contribution in [-0.2, 0) is 0 Å². The molecule has 0 bridgehead atoms. The summed E-state index contributed by atoms with van der Waals surface area (Å²) in [5.74, 6) is 0. The predicted molar refractivity (Wildman–Crippen MR) is 85.2 cm³/mol. The summed E-state index contributed by atoms with van der Waals surface area (Å²) in [6.07, 6.45) is 3.31. The van der Waals surface area contributed by atoms with Crippen LogP contribution in [0.1, 0.15) is 24.5 Å². The summed E-state index contributed by atoms with van der Waals surface area (Å²) < 4.78 is 0. The van der Waals surface area contributed by atoms with Crippen molar-refractivity contribution < 1.29 is 0 Å². The second-order valence-electron chi connectivity index (χ2n) is 5.32. The van der Waals surface area contributed by atoms with E-state index in [1.54, 1.807) is 0 Å². The van der Waals surface area contributed by atoms with E-state index in [2.05, 4.69) is 67.6 Å². The van der Waals surface area contributed by atoms with Crippen molar-refractivity contribution in [2.45, 2.75) is 13.3 Å². The normalized spacial score (nSPS) is 16.4. The summed E-state index contributed by atoms with van der Waals surface area (Å²) in [5.41, 5.74) is 8.78. The first kappa shape index (κ1) is 11.4. The van der Waals surface area contributed by atoms with Crippen LogP contribution in [0.5, 0.6) is 0 Å². The molecule has 0 aromatic heterocycles. The first-order valence-electron chi connectivity index (χ1n) is 6.99. The highest BCUT2D eigenvalue weighted by Crippen LogP contribution is 2.43. The smallest absolute Gasteiger partial charge is 0.0791 e. The second kappa shape index (κ2) is 4.31. The van der Waals surface area contributed by atoms with Crippen LogP contribution in [0.2, 0.25) is 0 Å². The first-order chi connectivity index (χ1) is 9.84. The van der Waals surface area contributed by atoms with E-state index in [-0.39, 0.29) is 0 Å². The van der Waals surface area contributed by atoms with Crippen LogP contribution in [0, 0.1) is 0 Å². The molecule has 1 aliphatic carbocycles. The molecule has 1 nitrogen and oxygen atoms in total. The highest BCUT2D eigenvalue weighted by Gasteiger charge is 2.27. The number of rotatable bonds is 1. The Kier molecular flexibility index (Phi) is 2.46. The Balaban J connectivity index is 1.90. The van der Waals surface area contributed by atoms with Crippen molar-refractivity contribution in [3.05, 3.63) is 77.4 Å². The second-order valence-corrected chi connectivity index (χ2v) is 5.32. The zero-order valence-electron chi connectivity index (χ0n) is 11.4. The zero-order valence-corrected chi connectivity index (χ0v) is 11.4. The van der Waals surface area contributed by atoms with Gasteiger partial charge in [-0.05, 0) is 25.0 Å². The van der Waals surface area contributed by atoms with Crippen molar-refractivity contribution in [1.82, 2.24) is 0 Å². The minimum absolute atomic E-state index is 1.01. The standard InChI is InChI=1S/C19H15N/c1-13-11-12-15(14-7-3-2-4-8-14)19-18(13)16-9-5-6-10-17(16)20-19/h2-10,12H,11H2,1H3. The maximum absolute atomic E-state index is 4.87. The third kappa shape index (κ3) is 1.60. The van der Waals surface area contributed by atoms with Crippen molar-refractivity contribution in [3.63, 3.8) is 0 Å². The van der Waals surface area contributed by atoms with Gasteiger partial charge >= 0.3 is 0 Å². The molecule has 1 aliphatic heterocycles. The number of benzene rings is 2. The molecule has 0 fully saturated rings. The number of hydrogen-bond acceptors (Lipinski definition) is 1. The molecule has 2 aromatic rings. The Morgan fingerprint density at radius 2 is 1.65 bits per heavy atom. The van der Waals surface area contributed by atoms with Crippen LogP contribution in [0.4, 0.5) is 5.69 Å². The van der Waals surface area contributed by atoms with E-state index in [1.165, 1.54) is 27.8 Å². The van der Waals surface area contributed by atoms with Crippen LogP contribution in [-0.4, -0.2) is 5.71 Å². The van der Waals surface area contributed by atoms with E-state index < -0.39 is 0 Å². The Hall–Kier alpha value is -2.41. The molecule has 0 saturated heterocycles. The number of nitrogens with zero attached hydrogens (tertiary/aromatic N) is 1. The predicted octanol–water partition coefficient (Wildman–Crippen LogP) is 5.03. The average molecular weight is 257 g/mol. The molecule has 96 valence electrons. The molecule has 0 radical (unpaired) electrons. The minimum Gasteiger partial charge on any atom is -0.247 e. The van der Waals surface area contributed by atoms with Gasteiger partial charge in [0.2, 0.25) is 0 Å². The molecule has 0 unspecified atom stereocenters. The third-order valence-electron chi connectivity index (χ3n) is 4.02. The molecule has 2 aromatic carbocycles. The molecule has 0 spiro atoms. The highest BCUT2D eigenvalue weighted by atomic mass is 14.8. The fourth-order valence-corrected chi connectivity index (χ4v) is 3.04. The summed E-state index contributed by atoms with van der Waals surface area (Å²) in [5, 5.41) is 0. The number of hydrogen-bond donors (Lipinski definition) is 0. The molecular formula is C19H15N. The molecular weight excluding hydrogens is 242 g/mol. The van der Waals surface area contributed by atoms with Gasteiger partial charge in [-0.15, -0.1) is 0 Å². The third-order valence-corrected chi connectivity index (χ3v) is 4.02. The quantitative estimate of drug-likeness (QED) is 0.679. The molecule has 0 saturated carbocycles. The Labute approximate surface area is 119 Å². The van der Waals surface area contributed by atoms with E-state index in [9.17, 15) is 0 Å². The summed E-state index contributed by atoms with van der Waals surface area (Å²) in [7, 11) is 0. The molecule has 0 N–H and O–H groups in total. The van der Waals surface area contributed by atoms with Crippen molar-refractivity contribution in [3.8, 4) is 0 Å². The lowest BCUT2D eigenvalue weighted by Gasteiger charge is -2.18.